The van der Waals surface area contributed by atoms with E-state index >= 15 is 0 Å². The van der Waals surface area contributed by atoms with Crippen molar-refractivity contribution in [3.05, 3.63) is 17.5 Å². The molecule has 8 heteroatoms. The molecule has 2 aromatic rings. The first-order chi connectivity index (χ1) is 8.85. The van der Waals surface area contributed by atoms with Crippen LogP contribution in [0, 0.1) is 0 Å². The minimum Gasteiger partial charge on any atom is -0.459 e. The Bertz CT molecular complexity index is 608. The van der Waals surface area contributed by atoms with Crippen LogP contribution >= 0.6 is 23.4 Å². The Morgan fingerprint density at radius 2 is 2.26 bits per heavy atom. The van der Waals surface area contributed by atoms with Gasteiger partial charge < -0.3 is 4.74 Å². The van der Waals surface area contributed by atoms with Gasteiger partial charge in [0.2, 0.25) is 0 Å². The Balaban J connectivity index is 2.09. The van der Waals surface area contributed by atoms with Crippen LogP contribution in [0.4, 0.5) is 0 Å². The molecule has 0 aliphatic carbocycles. The van der Waals surface area contributed by atoms with Crippen molar-refractivity contribution in [2.75, 3.05) is 5.75 Å². The normalized spacial score (nSPS) is 11.8. The van der Waals surface area contributed by atoms with E-state index in [1.54, 1.807) is 6.07 Å². The molecule has 6 nitrogen and oxygen atoms in total. The molecule has 0 atom stereocenters. The largest absolute Gasteiger partial charge is 0.459 e. The van der Waals surface area contributed by atoms with Crippen molar-refractivity contribution in [1.82, 2.24) is 19.6 Å². The fraction of sp³-hybridized carbons (Fsp3) is 0.455. The van der Waals surface area contributed by atoms with Crippen LogP contribution in [0.5, 0.6) is 0 Å². The van der Waals surface area contributed by atoms with Gasteiger partial charge in [-0.05, 0) is 20.8 Å². The number of fused-ring (bicyclic) bond motifs is 1. The smallest absolute Gasteiger partial charge is 0.316 e. The average molecular weight is 301 g/mol. The number of hydrogen-bond acceptors (Lipinski definition) is 6. The predicted octanol–water partition coefficient (Wildman–Crippen LogP) is 2.21. The fourth-order valence-corrected chi connectivity index (χ4v) is 2.38. The van der Waals surface area contributed by atoms with Gasteiger partial charge in [-0.15, -0.1) is 0 Å². The first-order valence-electron chi connectivity index (χ1n) is 5.56. The van der Waals surface area contributed by atoms with E-state index in [9.17, 15) is 4.79 Å². The zero-order valence-electron chi connectivity index (χ0n) is 10.8. The standard InChI is InChI=1S/C11H13ClN4O2S/c1-11(2,3)18-9(17)5-19-8-4-7(12)15-10-13-6-14-16(8)10/h4,6H,5H2,1-3H3. The molecule has 102 valence electrons. The number of nitrogens with zero attached hydrogens (tertiary/aromatic N) is 4. The van der Waals surface area contributed by atoms with E-state index in [1.165, 1.54) is 22.6 Å². The molecule has 0 aliphatic rings. The number of rotatable bonds is 3. The van der Waals surface area contributed by atoms with Crippen molar-refractivity contribution in [3.8, 4) is 0 Å². The quantitative estimate of drug-likeness (QED) is 0.492. The number of ether oxygens (including phenoxy) is 1. The topological polar surface area (TPSA) is 69.4 Å². The molecule has 0 radical (unpaired) electrons. The number of esters is 1. The van der Waals surface area contributed by atoms with Gasteiger partial charge in [-0.1, -0.05) is 23.4 Å². The van der Waals surface area contributed by atoms with Gasteiger partial charge >= 0.3 is 5.97 Å². The highest BCUT2D eigenvalue weighted by Crippen LogP contribution is 2.22. The predicted molar refractivity (Wildman–Crippen MR) is 72.4 cm³/mol. The molecule has 0 unspecified atom stereocenters. The third kappa shape index (κ3) is 3.81. The maximum absolute atomic E-state index is 11.7. The van der Waals surface area contributed by atoms with E-state index in [4.69, 9.17) is 16.3 Å². The summed E-state index contributed by atoms with van der Waals surface area (Å²) in [5.41, 5.74) is -0.490. The van der Waals surface area contributed by atoms with Crippen molar-refractivity contribution in [1.29, 1.82) is 0 Å². The Kier molecular flexibility index (Phi) is 3.96. The zero-order chi connectivity index (χ0) is 14.0. The summed E-state index contributed by atoms with van der Waals surface area (Å²) in [5, 5.41) is 5.03. The molecule has 0 saturated carbocycles. The van der Waals surface area contributed by atoms with Gasteiger partial charge in [0.15, 0.2) is 0 Å². The van der Waals surface area contributed by atoms with Crippen LogP contribution in [0.1, 0.15) is 20.8 Å². The number of carbonyl (C=O) groups is 1. The minimum absolute atomic E-state index is 0.173. The van der Waals surface area contributed by atoms with Crippen LogP contribution in [0.25, 0.3) is 5.78 Å². The van der Waals surface area contributed by atoms with E-state index < -0.39 is 5.60 Å². The fourth-order valence-electron chi connectivity index (χ4n) is 1.36. The summed E-state index contributed by atoms with van der Waals surface area (Å²) >= 11 is 7.16. The van der Waals surface area contributed by atoms with Crippen LogP contribution in [-0.4, -0.2) is 36.9 Å². The van der Waals surface area contributed by atoms with Crippen molar-refractivity contribution in [2.45, 2.75) is 31.4 Å². The molecule has 19 heavy (non-hydrogen) atoms. The van der Waals surface area contributed by atoms with Crippen LogP contribution in [0.3, 0.4) is 0 Å². The van der Waals surface area contributed by atoms with Crippen molar-refractivity contribution in [3.63, 3.8) is 0 Å². The third-order valence-corrected chi connectivity index (χ3v) is 3.11. The molecule has 0 amide bonds. The number of hydrogen-bond donors (Lipinski definition) is 0. The second-order valence-corrected chi connectivity index (χ2v) is 6.15. The second kappa shape index (κ2) is 5.34. The lowest BCUT2D eigenvalue weighted by molar-refractivity contribution is -0.151. The monoisotopic (exact) mass is 300 g/mol. The van der Waals surface area contributed by atoms with Gasteiger partial charge in [-0.2, -0.15) is 19.6 Å². The lowest BCUT2D eigenvalue weighted by Crippen LogP contribution is -2.25. The molecule has 0 fully saturated rings. The molecule has 0 aromatic carbocycles. The number of carbonyl (C=O) groups excluding carboxylic acids is 1. The van der Waals surface area contributed by atoms with Gasteiger partial charge in [0.25, 0.3) is 5.78 Å². The summed E-state index contributed by atoms with van der Waals surface area (Å²) in [6.45, 7) is 5.48. The lowest BCUT2D eigenvalue weighted by Gasteiger charge is -2.19. The molecule has 2 aromatic heterocycles. The highest BCUT2D eigenvalue weighted by atomic mass is 35.5. The van der Waals surface area contributed by atoms with E-state index in [2.05, 4.69) is 15.1 Å². The number of thioether (sulfide) groups is 1. The summed E-state index contributed by atoms with van der Waals surface area (Å²) in [4.78, 5) is 19.6. The highest BCUT2D eigenvalue weighted by molar-refractivity contribution is 7.99. The van der Waals surface area contributed by atoms with E-state index in [0.717, 1.165) is 0 Å². The van der Waals surface area contributed by atoms with Crippen molar-refractivity contribution >= 4 is 35.1 Å². The Morgan fingerprint density at radius 3 is 2.95 bits per heavy atom. The second-order valence-electron chi connectivity index (χ2n) is 4.76. The summed E-state index contributed by atoms with van der Waals surface area (Å²) in [5.74, 6) is 0.282. The third-order valence-electron chi connectivity index (χ3n) is 1.95. The maximum Gasteiger partial charge on any atom is 0.316 e. The molecule has 2 heterocycles. The van der Waals surface area contributed by atoms with Crippen LogP contribution < -0.4 is 0 Å². The summed E-state index contributed by atoms with van der Waals surface area (Å²) < 4.78 is 6.76. The molecule has 0 spiro atoms. The Hall–Kier alpha value is -1.34. The number of aromatic nitrogens is 4. The zero-order valence-corrected chi connectivity index (χ0v) is 12.3. The Morgan fingerprint density at radius 1 is 1.53 bits per heavy atom. The van der Waals surface area contributed by atoms with E-state index in [0.29, 0.717) is 16.0 Å². The first kappa shape index (κ1) is 14.1. The van der Waals surface area contributed by atoms with Crippen molar-refractivity contribution in [2.24, 2.45) is 0 Å². The number of halogens is 1. The lowest BCUT2D eigenvalue weighted by atomic mass is 10.2. The summed E-state index contributed by atoms with van der Waals surface area (Å²) in [6.07, 6.45) is 1.39. The van der Waals surface area contributed by atoms with E-state index in [1.807, 2.05) is 20.8 Å². The Labute approximate surface area is 119 Å². The molecule has 2 rings (SSSR count). The first-order valence-corrected chi connectivity index (χ1v) is 6.92. The molecule has 0 aliphatic heterocycles. The highest BCUT2D eigenvalue weighted by Gasteiger charge is 2.17. The molecule has 0 bridgehead atoms. The van der Waals surface area contributed by atoms with Crippen LogP contribution in [0.15, 0.2) is 17.4 Å². The van der Waals surface area contributed by atoms with Gasteiger partial charge in [0, 0.05) is 6.07 Å². The van der Waals surface area contributed by atoms with Gasteiger partial charge in [-0.25, -0.2) is 0 Å². The molecule has 0 N–H and O–H groups in total. The summed E-state index contributed by atoms with van der Waals surface area (Å²) in [6, 6.07) is 1.64. The molecule has 0 saturated heterocycles. The van der Waals surface area contributed by atoms with Gasteiger partial charge in [-0.3, -0.25) is 4.79 Å². The van der Waals surface area contributed by atoms with Crippen LogP contribution in [-0.2, 0) is 9.53 Å². The van der Waals surface area contributed by atoms with Gasteiger partial charge in [0.1, 0.15) is 22.1 Å². The van der Waals surface area contributed by atoms with Crippen molar-refractivity contribution < 1.29 is 9.53 Å². The SMILES string of the molecule is CC(C)(C)OC(=O)CSc1cc(Cl)nc2ncnn12. The average Bonchev–Trinajstić information content (AvgIpc) is 2.71. The van der Waals surface area contributed by atoms with E-state index in [-0.39, 0.29) is 11.7 Å². The van der Waals surface area contributed by atoms with Gasteiger partial charge in [0.05, 0.1) is 5.75 Å². The molecular formula is C11H13ClN4O2S. The minimum atomic E-state index is -0.490. The maximum atomic E-state index is 11.7. The molecular weight excluding hydrogens is 288 g/mol. The summed E-state index contributed by atoms with van der Waals surface area (Å²) in [7, 11) is 0. The van der Waals surface area contributed by atoms with Crippen LogP contribution in [0.2, 0.25) is 5.15 Å².